The van der Waals surface area contributed by atoms with Gasteiger partial charge in [0, 0.05) is 23.3 Å². The number of ether oxygens (including phenoxy) is 2. The number of hydrogen-bond donors (Lipinski definition) is 0. The van der Waals surface area contributed by atoms with Crippen LogP contribution in [0.15, 0.2) is 84.9 Å². The van der Waals surface area contributed by atoms with Crippen LogP contribution in [0, 0.1) is 10.1 Å². The highest BCUT2D eigenvalue weighted by Crippen LogP contribution is 2.24. The van der Waals surface area contributed by atoms with Crippen molar-refractivity contribution in [3.05, 3.63) is 106 Å². The molecule has 28 heavy (non-hydrogen) atoms. The summed E-state index contributed by atoms with van der Waals surface area (Å²) in [6, 6.07) is 22.0. The highest BCUT2D eigenvalue weighted by Gasteiger charge is 2.27. The van der Waals surface area contributed by atoms with E-state index in [9.17, 15) is 19.7 Å². The summed E-state index contributed by atoms with van der Waals surface area (Å²) in [5.74, 6) is -0.331. The predicted molar refractivity (Wildman–Crippen MR) is 100 cm³/mol. The average Bonchev–Trinajstić information content (AvgIpc) is 2.73. The van der Waals surface area contributed by atoms with Crippen molar-refractivity contribution in [2.24, 2.45) is 0 Å². The van der Waals surface area contributed by atoms with Gasteiger partial charge in [-0.3, -0.25) is 14.9 Å². The van der Waals surface area contributed by atoms with Crippen LogP contribution in [0.3, 0.4) is 0 Å². The second-order valence-electron chi connectivity index (χ2n) is 5.74. The van der Waals surface area contributed by atoms with Crippen LogP contribution < -0.4 is 4.74 Å². The molecule has 7 nitrogen and oxygen atoms in total. The summed E-state index contributed by atoms with van der Waals surface area (Å²) >= 11 is 0. The molecule has 3 aromatic carbocycles. The first kappa shape index (κ1) is 18.8. The molecular formula is C21H15NO6. The Labute approximate surface area is 160 Å². The Morgan fingerprint density at radius 3 is 1.96 bits per heavy atom. The number of nitro benzene ring substituents is 1. The molecule has 140 valence electrons. The minimum absolute atomic E-state index is 0.0644. The lowest BCUT2D eigenvalue weighted by molar-refractivity contribution is -0.384. The van der Waals surface area contributed by atoms with Crippen LogP contribution in [0.4, 0.5) is 10.5 Å². The van der Waals surface area contributed by atoms with Crippen LogP contribution in [0.25, 0.3) is 0 Å². The normalized spacial score (nSPS) is 11.3. The third kappa shape index (κ3) is 4.59. The molecule has 0 heterocycles. The summed E-state index contributed by atoms with van der Waals surface area (Å²) in [5, 5.41) is 10.7. The molecule has 0 radical (unpaired) electrons. The molecule has 7 heteroatoms. The molecule has 0 aromatic heterocycles. The van der Waals surface area contributed by atoms with Crippen molar-refractivity contribution in [1.82, 2.24) is 0 Å². The van der Waals surface area contributed by atoms with E-state index in [0.29, 0.717) is 11.1 Å². The lowest BCUT2D eigenvalue weighted by Gasteiger charge is -2.17. The number of nitrogens with zero attached hydrogens (tertiary/aromatic N) is 1. The first-order valence-corrected chi connectivity index (χ1v) is 8.32. The van der Waals surface area contributed by atoms with Crippen LogP contribution in [0.2, 0.25) is 0 Å². The third-order valence-electron chi connectivity index (χ3n) is 3.86. The standard InChI is InChI=1S/C21H15NO6/c23-19(15-7-3-1-4-8-15)20(16-9-5-2-6-10-16)28-21(24)27-18-13-11-17(12-14-18)22(25)26/h1-14,20H. The van der Waals surface area contributed by atoms with Crippen molar-refractivity contribution in [1.29, 1.82) is 0 Å². The summed E-state index contributed by atoms with van der Waals surface area (Å²) < 4.78 is 10.3. The third-order valence-corrected chi connectivity index (χ3v) is 3.86. The second kappa shape index (κ2) is 8.59. The Morgan fingerprint density at radius 2 is 1.39 bits per heavy atom. The Balaban J connectivity index is 1.78. The van der Waals surface area contributed by atoms with E-state index in [1.807, 2.05) is 0 Å². The van der Waals surface area contributed by atoms with Crippen LogP contribution in [-0.2, 0) is 4.74 Å². The summed E-state index contributed by atoms with van der Waals surface area (Å²) in [5.41, 5.74) is 0.749. The number of carbonyl (C=O) groups is 2. The molecule has 0 aliphatic rings. The topological polar surface area (TPSA) is 95.7 Å². The average molecular weight is 377 g/mol. The quantitative estimate of drug-likeness (QED) is 0.202. The lowest BCUT2D eigenvalue weighted by atomic mass is 10.00. The fourth-order valence-corrected chi connectivity index (χ4v) is 2.51. The lowest BCUT2D eigenvalue weighted by Crippen LogP contribution is -2.22. The predicted octanol–water partition coefficient (Wildman–Crippen LogP) is 4.73. The zero-order valence-corrected chi connectivity index (χ0v) is 14.6. The Morgan fingerprint density at radius 1 is 0.821 bits per heavy atom. The maximum Gasteiger partial charge on any atom is 0.514 e. The van der Waals surface area contributed by atoms with Crippen LogP contribution in [0.1, 0.15) is 22.0 Å². The van der Waals surface area contributed by atoms with Gasteiger partial charge in [-0.1, -0.05) is 60.7 Å². The molecule has 3 rings (SSSR count). The first-order valence-electron chi connectivity index (χ1n) is 8.32. The fraction of sp³-hybridized carbons (Fsp3) is 0.0476. The number of non-ortho nitro benzene ring substituents is 1. The van der Waals surface area contributed by atoms with Crippen LogP contribution in [0.5, 0.6) is 5.75 Å². The molecule has 1 atom stereocenters. The van der Waals surface area contributed by atoms with Crippen molar-refractivity contribution in [2.75, 3.05) is 0 Å². The molecule has 0 fully saturated rings. The van der Waals surface area contributed by atoms with Crippen molar-refractivity contribution in [3.8, 4) is 5.75 Å². The van der Waals surface area contributed by atoms with Crippen LogP contribution >= 0.6 is 0 Å². The molecule has 3 aromatic rings. The molecule has 0 aliphatic heterocycles. The van der Waals surface area contributed by atoms with Crippen molar-refractivity contribution in [3.63, 3.8) is 0 Å². The van der Waals surface area contributed by atoms with Gasteiger partial charge in [-0.05, 0) is 12.1 Å². The summed E-state index contributed by atoms with van der Waals surface area (Å²) in [4.78, 5) is 35.2. The Kier molecular flexibility index (Phi) is 5.76. The van der Waals surface area contributed by atoms with Gasteiger partial charge in [0.05, 0.1) is 4.92 Å². The van der Waals surface area contributed by atoms with E-state index in [2.05, 4.69) is 0 Å². The monoisotopic (exact) mass is 377 g/mol. The zero-order chi connectivity index (χ0) is 19.9. The fourth-order valence-electron chi connectivity index (χ4n) is 2.51. The minimum Gasteiger partial charge on any atom is -0.417 e. The maximum absolute atomic E-state index is 12.8. The van der Waals surface area contributed by atoms with E-state index in [4.69, 9.17) is 9.47 Å². The number of Topliss-reactive ketones (excluding diaryl/α,β-unsaturated/α-hetero) is 1. The van der Waals surface area contributed by atoms with E-state index in [1.54, 1.807) is 60.7 Å². The van der Waals surface area contributed by atoms with E-state index in [0.717, 1.165) is 0 Å². The molecule has 0 saturated carbocycles. The largest absolute Gasteiger partial charge is 0.514 e. The molecule has 0 amide bonds. The number of ketones is 1. The first-order chi connectivity index (χ1) is 13.5. The van der Waals surface area contributed by atoms with E-state index < -0.39 is 23.0 Å². The molecule has 0 saturated heterocycles. The number of hydrogen-bond acceptors (Lipinski definition) is 6. The van der Waals surface area contributed by atoms with Gasteiger partial charge in [0.25, 0.3) is 5.69 Å². The van der Waals surface area contributed by atoms with Gasteiger partial charge in [0.2, 0.25) is 5.78 Å². The molecule has 0 spiro atoms. The number of rotatable bonds is 6. The highest BCUT2D eigenvalue weighted by molar-refractivity contribution is 6.00. The van der Waals surface area contributed by atoms with Gasteiger partial charge in [-0.25, -0.2) is 4.79 Å². The van der Waals surface area contributed by atoms with Gasteiger partial charge in [-0.15, -0.1) is 0 Å². The Hall–Kier alpha value is -4.00. The minimum atomic E-state index is -1.19. The molecule has 0 N–H and O–H groups in total. The maximum atomic E-state index is 12.8. The highest BCUT2D eigenvalue weighted by atomic mass is 16.7. The smallest absolute Gasteiger partial charge is 0.417 e. The van der Waals surface area contributed by atoms with Crippen molar-refractivity contribution < 1.29 is 24.0 Å². The van der Waals surface area contributed by atoms with Gasteiger partial charge >= 0.3 is 6.16 Å². The SMILES string of the molecule is O=C(Oc1ccc([N+](=O)[O-])cc1)OC(C(=O)c1ccccc1)c1ccccc1. The molecule has 0 bridgehead atoms. The Bertz CT molecular complexity index is 971. The van der Waals surface area contributed by atoms with E-state index >= 15 is 0 Å². The van der Waals surface area contributed by atoms with Gasteiger partial charge in [0.1, 0.15) is 5.75 Å². The van der Waals surface area contributed by atoms with Gasteiger partial charge < -0.3 is 9.47 Å². The summed E-state index contributed by atoms with van der Waals surface area (Å²) in [7, 11) is 0. The van der Waals surface area contributed by atoms with Crippen molar-refractivity contribution in [2.45, 2.75) is 6.10 Å². The second-order valence-corrected chi connectivity index (χ2v) is 5.74. The van der Waals surface area contributed by atoms with E-state index in [-0.39, 0.29) is 11.4 Å². The zero-order valence-electron chi connectivity index (χ0n) is 14.6. The number of nitro groups is 1. The van der Waals surface area contributed by atoms with E-state index in [1.165, 1.54) is 24.3 Å². The summed E-state index contributed by atoms with van der Waals surface area (Å²) in [6.07, 6.45) is -2.28. The summed E-state index contributed by atoms with van der Waals surface area (Å²) in [6.45, 7) is 0. The van der Waals surface area contributed by atoms with Gasteiger partial charge in [-0.2, -0.15) is 0 Å². The molecule has 1 unspecified atom stereocenters. The van der Waals surface area contributed by atoms with Crippen LogP contribution in [-0.4, -0.2) is 16.9 Å². The molecule has 0 aliphatic carbocycles. The number of benzene rings is 3. The van der Waals surface area contributed by atoms with Crippen molar-refractivity contribution >= 4 is 17.6 Å². The molecular weight excluding hydrogens is 362 g/mol. The van der Waals surface area contributed by atoms with Gasteiger partial charge in [0.15, 0.2) is 6.10 Å². The number of carbonyl (C=O) groups excluding carboxylic acids is 2.